The number of hydrogen-bond acceptors (Lipinski definition) is 4. The van der Waals surface area contributed by atoms with E-state index in [1.54, 1.807) is 29.0 Å². The highest BCUT2D eigenvalue weighted by Gasteiger charge is 2.17. The third-order valence-corrected chi connectivity index (χ3v) is 4.76. The standard InChI is InChI=1S/C16H21N3OS/c1-17-4-2-14(10-16(17)20)11-18-5-7-19(8-6-18)12-15-3-9-21-13-15/h2-4,9-10,13H,5-8,11-12H2,1H3. The lowest BCUT2D eigenvalue weighted by atomic mass is 10.2. The number of piperazine rings is 1. The van der Waals surface area contributed by atoms with Gasteiger partial charge in [0.25, 0.3) is 5.56 Å². The van der Waals surface area contributed by atoms with Gasteiger partial charge >= 0.3 is 0 Å². The largest absolute Gasteiger partial charge is 0.319 e. The first kappa shape index (κ1) is 14.5. The molecular formula is C16H21N3OS. The molecule has 0 atom stereocenters. The number of nitrogens with zero attached hydrogens (tertiary/aromatic N) is 3. The molecule has 112 valence electrons. The summed E-state index contributed by atoms with van der Waals surface area (Å²) >= 11 is 1.76. The maximum atomic E-state index is 11.6. The van der Waals surface area contributed by atoms with Crippen LogP contribution in [0, 0.1) is 0 Å². The van der Waals surface area contributed by atoms with E-state index in [2.05, 4.69) is 26.6 Å². The quantitative estimate of drug-likeness (QED) is 0.862. The van der Waals surface area contributed by atoms with Crippen molar-refractivity contribution in [2.24, 2.45) is 7.05 Å². The van der Waals surface area contributed by atoms with Crippen LogP contribution in [0.3, 0.4) is 0 Å². The van der Waals surface area contributed by atoms with Crippen molar-refractivity contribution >= 4 is 11.3 Å². The maximum absolute atomic E-state index is 11.6. The summed E-state index contributed by atoms with van der Waals surface area (Å²) in [4.78, 5) is 16.6. The van der Waals surface area contributed by atoms with Gasteiger partial charge in [0, 0.05) is 58.6 Å². The van der Waals surface area contributed by atoms with Crippen LogP contribution in [0.4, 0.5) is 0 Å². The fraction of sp³-hybridized carbons (Fsp3) is 0.438. The van der Waals surface area contributed by atoms with Crippen LogP contribution in [0.5, 0.6) is 0 Å². The molecule has 0 N–H and O–H groups in total. The van der Waals surface area contributed by atoms with Gasteiger partial charge in [-0.2, -0.15) is 11.3 Å². The minimum Gasteiger partial charge on any atom is -0.319 e. The molecule has 0 amide bonds. The number of aromatic nitrogens is 1. The van der Waals surface area contributed by atoms with Crippen molar-refractivity contribution in [3.05, 3.63) is 56.6 Å². The Kier molecular flexibility index (Phi) is 4.53. The molecule has 4 nitrogen and oxygen atoms in total. The van der Waals surface area contributed by atoms with Crippen LogP contribution in [0.25, 0.3) is 0 Å². The summed E-state index contributed by atoms with van der Waals surface area (Å²) in [6, 6.07) is 5.99. The maximum Gasteiger partial charge on any atom is 0.250 e. The SMILES string of the molecule is Cn1ccc(CN2CCN(Cc3ccsc3)CC2)cc1=O. The van der Waals surface area contributed by atoms with Crippen LogP contribution in [0.2, 0.25) is 0 Å². The summed E-state index contributed by atoms with van der Waals surface area (Å²) in [7, 11) is 1.79. The molecule has 3 rings (SSSR count). The molecule has 0 radical (unpaired) electrons. The Bertz CT molecular complexity index is 627. The minimum atomic E-state index is 0.0728. The van der Waals surface area contributed by atoms with Gasteiger partial charge in [-0.15, -0.1) is 0 Å². The molecule has 0 aromatic carbocycles. The van der Waals surface area contributed by atoms with Gasteiger partial charge in [-0.05, 0) is 34.0 Å². The fourth-order valence-electron chi connectivity index (χ4n) is 2.69. The molecular weight excluding hydrogens is 282 g/mol. The zero-order chi connectivity index (χ0) is 14.7. The lowest BCUT2D eigenvalue weighted by Crippen LogP contribution is -2.45. The van der Waals surface area contributed by atoms with Gasteiger partial charge in [-0.3, -0.25) is 14.6 Å². The van der Waals surface area contributed by atoms with Gasteiger partial charge in [-0.1, -0.05) is 0 Å². The van der Waals surface area contributed by atoms with Gasteiger partial charge < -0.3 is 4.57 Å². The van der Waals surface area contributed by atoms with E-state index in [0.29, 0.717) is 0 Å². The molecule has 1 aliphatic heterocycles. The molecule has 0 spiro atoms. The van der Waals surface area contributed by atoms with E-state index in [-0.39, 0.29) is 5.56 Å². The number of rotatable bonds is 4. The Hall–Kier alpha value is -1.43. The van der Waals surface area contributed by atoms with Crippen LogP contribution < -0.4 is 5.56 Å². The number of hydrogen-bond donors (Lipinski definition) is 0. The normalized spacial score (nSPS) is 17.2. The van der Waals surface area contributed by atoms with Gasteiger partial charge in [0.2, 0.25) is 0 Å². The lowest BCUT2D eigenvalue weighted by Gasteiger charge is -2.34. The predicted octanol–water partition coefficient (Wildman–Crippen LogP) is 1.76. The Labute approximate surface area is 129 Å². The highest BCUT2D eigenvalue weighted by molar-refractivity contribution is 7.07. The van der Waals surface area contributed by atoms with Gasteiger partial charge in [0.1, 0.15) is 0 Å². The van der Waals surface area contributed by atoms with E-state index in [0.717, 1.165) is 44.8 Å². The molecule has 0 bridgehead atoms. The highest BCUT2D eigenvalue weighted by Crippen LogP contribution is 2.12. The van der Waals surface area contributed by atoms with Gasteiger partial charge in [0.15, 0.2) is 0 Å². The summed E-state index contributed by atoms with van der Waals surface area (Å²) in [6.45, 7) is 6.27. The molecule has 21 heavy (non-hydrogen) atoms. The molecule has 0 aliphatic carbocycles. The fourth-order valence-corrected chi connectivity index (χ4v) is 3.35. The molecule has 3 heterocycles. The smallest absolute Gasteiger partial charge is 0.250 e. The van der Waals surface area contributed by atoms with E-state index in [4.69, 9.17) is 0 Å². The monoisotopic (exact) mass is 303 g/mol. The summed E-state index contributed by atoms with van der Waals surface area (Å²) in [5, 5.41) is 4.37. The molecule has 1 fully saturated rings. The Morgan fingerprint density at radius 3 is 2.29 bits per heavy atom. The number of thiophene rings is 1. The van der Waals surface area contributed by atoms with Crippen LogP contribution in [-0.2, 0) is 20.1 Å². The predicted molar refractivity (Wildman–Crippen MR) is 86.6 cm³/mol. The van der Waals surface area contributed by atoms with Crippen LogP contribution in [0.1, 0.15) is 11.1 Å². The van der Waals surface area contributed by atoms with Crippen molar-refractivity contribution in [2.45, 2.75) is 13.1 Å². The Balaban J connectivity index is 1.51. The van der Waals surface area contributed by atoms with Crippen molar-refractivity contribution in [1.29, 1.82) is 0 Å². The second-order valence-electron chi connectivity index (χ2n) is 5.67. The topological polar surface area (TPSA) is 28.5 Å². The highest BCUT2D eigenvalue weighted by atomic mass is 32.1. The van der Waals surface area contributed by atoms with E-state index in [9.17, 15) is 4.79 Å². The Morgan fingerprint density at radius 2 is 1.71 bits per heavy atom. The second-order valence-corrected chi connectivity index (χ2v) is 6.45. The number of aryl methyl sites for hydroxylation is 1. The lowest BCUT2D eigenvalue weighted by molar-refractivity contribution is 0.122. The average molecular weight is 303 g/mol. The summed E-state index contributed by atoms with van der Waals surface area (Å²) in [5.74, 6) is 0. The molecule has 1 saturated heterocycles. The van der Waals surface area contributed by atoms with E-state index >= 15 is 0 Å². The zero-order valence-corrected chi connectivity index (χ0v) is 13.2. The van der Waals surface area contributed by atoms with Crippen molar-refractivity contribution in [3.63, 3.8) is 0 Å². The molecule has 0 saturated carbocycles. The van der Waals surface area contributed by atoms with Crippen molar-refractivity contribution in [2.75, 3.05) is 26.2 Å². The first-order valence-corrected chi connectivity index (χ1v) is 8.26. The molecule has 0 unspecified atom stereocenters. The molecule has 5 heteroatoms. The van der Waals surface area contributed by atoms with Crippen molar-refractivity contribution in [3.8, 4) is 0 Å². The minimum absolute atomic E-state index is 0.0728. The van der Waals surface area contributed by atoms with E-state index in [1.807, 2.05) is 12.3 Å². The average Bonchev–Trinajstić information content (AvgIpc) is 2.98. The zero-order valence-electron chi connectivity index (χ0n) is 12.4. The van der Waals surface area contributed by atoms with E-state index < -0.39 is 0 Å². The van der Waals surface area contributed by atoms with Gasteiger partial charge in [0.05, 0.1) is 0 Å². The van der Waals surface area contributed by atoms with Crippen molar-refractivity contribution < 1.29 is 0 Å². The third kappa shape index (κ3) is 3.81. The summed E-state index contributed by atoms with van der Waals surface area (Å²) in [5.41, 5.74) is 2.60. The van der Waals surface area contributed by atoms with E-state index in [1.165, 1.54) is 5.56 Å². The summed E-state index contributed by atoms with van der Waals surface area (Å²) < 4.78 is 1.61. The third-order valence-electron chi connectivity index (χ3n) is 4.03. The first-order valence-electron chi connectivity index (χ1n) is 7.32. The van der Waals surface area contributed by atoms with Crippen molar-refractivity contribution in [1.82, 2.24) is 14.4 Å². The van der Waals surface area contributed by atoms with Crippen LogP contribution in [-0.4, -0.2) is 40.5 Å². The second kappa shape index (κ2) is 6.56. The van der Waals surface area contributed by atoms with Crippen LogP contribution >= 0.6 is 11.3 Å². The molecule has 2 aromatic rings. The first-order chi connectivity index (χ1) is 10.2. The molecule has 1 aliphatic rings. The van der Waals surface area contributed by atoms with Crippen LogP contribution in [0.15, 0.2) is 40.0 Å². The number of pyridine rings is 1. The Morgan fingerprint density at radius 1 is 1.05 bits per heavy atom. The molecule has 2 aromatic heterocycles. The summed E-state index contributed by atoms with van der Waals surface area (Å²) in [6.07, 6.45) is 1.85. The van der Waals surface area contributed by atoms with Gasteiger partial charge in [-0.25, -0.2) is 0 Å².